The van der Waals surface area contributed by atoms with E-state index in [1.807, 2.05) is 34.8 Å². The minimum atomic E-state index is -0.986. The van der Waals surface area contributed by atoms with Gasteiger partial charge in [-0.1, -0.05) is 0 Å². The Labute approximate surface area is 146 Å². The predicted octanol–water partition coefficient (Wildman–Crippen LogP) is 1.43. The van der Waals surface area contributed by atoms with Crippen LogP contribution in [0.25, 0.3) is 0 Å². The Morgan fingerprint density at radius 3 is 2.56 bits per heavy atom. The molecule has 0 radical (unpaired) electrons. The standard InChI is InChI=1S/C18H22N4O3/c1-20(2)16-13(18(24)25)11-12-6-9-22(10-7-14(12)19-16)17(23)15-5-4-8-21(15)3/h4-5,8,11H,6-7,9-10H2,1-3H3,(H,24,25). The van der Waals surface area contributed by atoms with Crippen molar-refractivity contribution >= 4 is 17.7 Å². The van der Waals surface area contributed by atoms with Crippen molar-refractivity contribution in [3.05, 3.63) is 46.9 Å². The van der Waals surface area contributed by atoms with E-state index < -0.39 is 5.97 Å². The van der Waals surface area contributed by atoms with Crippen molar-refractivity contribution in [2.45, 2.75) is 12.8 Å². The van der Waals surface area contributed by atoms with Gasteiger partial charge >= 0.3 is 5.97 Å². The topological polar surface area (TPSA) is 78.7 Å². The summed E-state index contributed by atoms with van der Waals surface area (Å²) in [5.41, 5.74) is 2.63. The highest BCUT2D eigenvalue weighted by Crippen LogP contribution is 2.24. The summed E-state index contributed by atoms with van der Waals surface area (Å²) in [4.78, 5) is 32.3. The van der Waals surface area contributed by atoms with Crippen LogP contribution in [0, 0.1) is 0 Å². The maximum Gasteiger partial charge on any atom is 0.339 e. The van der Waals surface area contributed by atoms with Gasteiger partial charge in [-0.3, -0.25) is 4.79 Å². The first-order chi connectivity index (χ1) is 11.9. The van der Waals surface area contributed by atoms with E-state index in [0.717, 1.165) is 11.3 Å². The summed E-state index contributed by atoms with van der Waals surface area (Å²) in [5.74, 6) is -0.542. The van der Waals surface area contributed by atoms with Gasteiger partial charge in [-0.25, -0.2) is 9.78 Å². The van der Waals surface area contributed by atoms with E-state index in [2.05, 4.69) is 4.98 Å². The molecule has 3 rings (SSSR count). The monoisotopic (exact) mass is 342 g/mol. The number of pyridine rings is 1. The molecule has 7 nitrogen and oxygen atoms in total. The number of aryl methyl sites for hydroxylation is 1. The molecule has 0 atom stereocenters. The van der Waals surface area contributed by atoms with E-state index in [1.54, 1.807) is 25.1 Å². The van der Waals surface area contributed by atoms with Crippen LogP contribution in [0.4, 0.5) is 5.82 Å². The second kappa shape index (κ2) is 6.58. The quantitative estimate of drug-likeness (QED) is 0.913. The zero-order chi connectivity index (χ0) is 18.1. The molecular weight excluding hydrogens is 320 g/mol. The average molecular weight is 342 g/mol. The second-order valence-electron chi connectivity index (χ2n) is 6.46. The van der Waals surface area contributed by atoms with E-state index in [0.29, 0.717) is 37.4 Å². The van der Waals surface area contributed by atoms with Crippen LogP contribution in [0.15, 0.2) is 24.4 Å². The smallest absolute Gasteiger partial charge is 0.339 e. The number of carboxylic acid groups (broad SMARTS) is 1. The van der Waals surface area contributed by atoms with Crippen LogP contribution >= 0.6 is 0 Å². The Bertz CT molecular complexity index is 826. The summed E-state index contributed by atoms with van der Waals surface area (Å²) in [6.45, 7) is 1.13. The summed E-state index contributed by atoms with van der Waals surface area (Å²) in [6, 6.07) is 5.37. The van der Waals surface area contributed by atoms with Crippen LogP contribution < -0.4 is 4.90 Å². The Kier molecular flexibility index (Phi) is 4.48. The molecule has 0 unspecified atom stereocenters. The molecule has 25 heavy (non-hydrogen) atoms. The van der Waals surface area contributed by atoms with Crippen molar-refractivity contribution in [1.82, 2.24) is 14.5 Å². The van der Waals surface area contributed by atoms with Gasteiger partial charge in [-0.15, -0.1) is 0 Å². The minimum Gasteiger partial charge on any atom is -0.478 e. The van der Waals surface area contributed by atoms with Crippen LogP contribution in [0.2, 0.25) is 0 Å². The first-order valence-electron chi connectivity index (χ1n) is 8.22. The largest absolute Gasteiger partial charge is 0.478 e. The molecule has 1 amide bonds. The molecular formula is C18H22N4O3. The zero-order valence-corrected chi connectivity index (χ0v) is 14.7. The number of aromatic nitrogens is 2. The van der Waals surface area contributed by atoms with Gasteiger partial charge in [0.1, 0.15) is 17.1 Å². The number of carbonyl (C=O) groups is 2. The second-order valence-corrected chi connectivity index (χ2v) is 6.46. The number of aromatic carboxylic acids is 1. The molecule has 2 aromatic heterocycles. The summed E-state index contributed by atoms with van der Waals surface area (Å²) < 4.78 is 1.81. The van der Waals surface area contributed by atoms with Gasteiger partial charge in [0.15, 0.2) is 0 Å². The van der Waals surface area contributed by atoms with Crippen LogP contribution in [-0.2, 0) is 19.9 Å². The van der Waals surface area contributed by atoms with Crippen molar-refractivity contribution in [3.8, 4) is 0 Å². The number of carboxylic acids is 1. The lowest BCUT2D eigenvalue weighted by atomic mass is 10.1. The molecule has 0 saturated heterocycles. The molecule has 1 N–H and O–H groups in total. The van der Waals surface area contributed by atoms with E-state index in [1.165, 1.54) is 0 Å². The maximum atomic E-state index is 12.7. The number of carbonyl (C=O) groups excluding carboxylic acids is 1. The molecule has 0 spiro atoms. The first-order valence-corrected chi connectivity index (χ1v) is 8.22. The maximum absolute atomic E-state index is 12.7. The molecule has 1 aliphatic rings. The van der Waals surface area contributed by atoms with Crippen molar-refractivity contribution < 1.29 is 14.7 Å². The number of hydrogen-bond donors (Lipinski definition) is 1. The minimum absolute atomic E-state index is 0.00778. The molecule has 7 heteroatoms. The Hall–Kier alpha value is -2.83. The van der Waals surface area contributed by atoms with Gasteiger partial charge in [0, 0.05) is 52.5 Å². The highest BCUT2D eigenvalue weighted by molar-refractivity contribution is 5.94. The van der Waals surface area contributed by atoms with E-state index in [4.69, 9.17) is 0 Å². The fourth-order valence-corrected chi connectivity index (χ4v) is 3.17. The lowest BCUT2D eigenvalue weighted by Gasteiger charge is -2.20. The third-order valence-corrected chi connectivity index (χ3v) is 4.54. The number of rotatable bonds is 3. The van der Waals surface area contributed by atoms with Crippen LogP contribution in [0.1, 0.15) is 32.1 Å². The number of nitrogens with zero attached hydrogens (tertiary/aromatic N) is 4. The van der Waals surface area contributed by atoms with E-state index in [9.17, 15) is 14.7 Å². The molecule has 0 fully saturated rings. The van der Waals surface area contributed by atoms with Gasteiger partial charge in [-0.05, 0) is 30.2 Å². The third kappa shape index (κ3) is 3.22. The molecule has 0 bridgehead atoms. The highest BCUT2D eigenvalue weighted by Gasteiger charge is 2.24. The molecule has 0 aliphatic carbocycles. The van der Waals surface area contributed by atoms with Gasteiger partial charge < -0.3 is 19.5 Å². The van der Waals surface area contributed by atoms with Crippen molar-refractivity contribution in [2.75, 3.05) is 32.1 Å². The normalized spacial score (nSPS) is 14.0. The Balaban J connectivity index is 1.88. The zero-order valence-electron chi connectivity index (χ0n) is 14.7. The molecule has 3 heterocycles. The fourth-order valence-electron chi connectivity index (χ4n) is 3.17. The van der Waals surface area contributed by atoms with Gasteiger partial charge in [-0.2, -0.15) is 0 Å². The lowest BCUT2D eigenvalue weighted by Crippen LogP contribution is -2.34. The Morgan fingerprint density at radius 2 is 1.96 bits per heavy atom. The molecule has 2 aromatic rings. The SMILES string of the molecule is CN(C)c1nc2c(cc1C(=O)O)CCN(C(=O)c1cccn1C)CC2. The van der Waals surface area contributed by atoms with E-state index >= 15 is 0 Å². The lowest BCUT2D eigenvalue weighted by molar-refractivity contribution is 0.0695. The third-order valence-electron chi connectivity index (χ3n) is 4.54. The number of amides is 1. The number of anilines is 1. The summed E-state index contributed by atoms with van der Waals surface area (Å²) >= 11 is 0. The van der Waals surface area contributed by atoms with E-state index in [-0.39, 0.29) is 11.5 Å². The van der Waals surface area contributed by atoms with Crippen LogP contribution in [-0.4, -0.2) is 58.6 Å². The molecule has 0 saturated carbocycles. The van der Waals surface area contributed by atoms with Crippen LogP contribution in [0.3, 0.4) is 0 Å². The van der Waals surface area contributed by atoms with Crippen molar-refractivity contribution in [3.63, 3.8) is 0 Å². The van der Waals surface area contributed by atoms with Gasteiger partial charge in [0.05, 0.1) is 0 Å². The number of fused-ring (bicyclic) bond motifs is 1. The first kappa shape index (κ1) is 17.0. The number of hydrogen-bond acceptors (Lipinski definition) is 4. The van der Waals surface area contributed by atoms with Gasteiger partial charge in [0.25, 0.3) is 5.91 Å². The van der Waals surface area contributed by atoms with Crippen LogP contribution in [0.5, 0.6) is 0 Å². The fraction of sp³-hybridized carbons (Fsp3) is 0.389. The summed E-state index contributed by atoms with van der Waals surface area (Å²) in [5, 5.41) is 9.45. The van der Waals surface area contributed by atoms with Gasteiger partial charge in [0.2, 0.25) is 0 Å². The van der Waals surface area contributed by atoms with Crippen molar-refractivity contribution in [2.24, 2.45) is 7.05 Å². The molecule has 132 valence electrons. The molecule has 0 aromatic carbocycles. The Morgan fingerprint density at radius 1 is 1.24 bits per heavy atom. The van der Waals surface area contributed by atoms with Crippen molar-refractivity contribution in [1.29, 1.82) is 0 Å². The summed E-state index contributed by atoms with van der Waals surface area (Å²) in [7, 11) is 5.41. The molecule has 1 aliphatic heterocycles. The predicted molar refractivity (Wildman–Crippen MR) is 94.2 cm³/mol. The highest BCUT2D eigenvalue weighted by atomic mass is 16.4. The average Bonchev–Trinajstić information content (AvgIpc) is 2.88. The summed E-state index contributed by atoms with van der Waals surface area (Å²) in [6.07, 6.45) is 3.07.